The molecule has 0 heterocycles. The van der Waals surface area contributed by atoms with Crippen molar-refractivity contribution < 1.29 is 36.0 Å². The fourth-order valence-corrected chi connectivity index (χ4v) is 4.53. The van der Waals surface area contributed by atoms with E-state index in [1.807, 2.05) is 0 Å². The van der Waals surface area contributed by atoms with Crippen LogP contribution in [-0.4, -0.2) is 32.9 Å². The number of sulfonamides is 1. The van der Waals surface area contributed by atoms with Gasteiger partial charge < -0.3 is 10.1 Å². The van der Waals surface area contributed by atoms with Crippen molar-refractivity contribution in [3.63, 3.8) is 0 Å². The van der Waals surface area contributed by atoms with Crippen molar-refractivity contribution in [3.05, 3.63) is 88.5 Å². The molecule has 3 aromatic rings. The van der Waals surface area contributed by atoms with Gasteiger partial charge in [-0.3, -0.25) is 19.2 Å². The first kappa shape index (κ1) is 25.5. The van der Waals surface area contributed by atoms with Gasteiger partial charge in [0, 0.05) is 12.1 Å². The van der Waals surface area contributed by atoms with E-state index in [4.69, 9.17) is 4.74 Å². The first-order chi connectivity index (χ1) is 16.4. The van der Waals surface area contributed by atoms with E-state index in [1.54, 1.807) is 6.07 Å². The van der Waals surface area contributed by atoms with Gasteiger partial charge in [0.1, 0.15) is 12.3 Å². The maximum Gasteiger partial charge on any atom is 0.416 e. The lowest BCUT2D eigenvalue weighted by Gasteiger charge is -2.25. The Morgan fingerprint density at radius 1 is 1.06 bits per heavy atom. The lowest BCUT2D eigenvalue weighted by atomic mass is 10.2. The summed E-state index contributed by atoms with van der Waals surface area (Å²) in [4.78, 5) is 23.0. The minimum Gasteiger partial charge on any atom is -0.495 e. The van der Waals surface area contributed by atoms with Crippen molar-refractivity contribution in [3.8, 4) is 5.75 Å². The van der Waals surface area contributed by atoms with Gasteiger partial charge in [-0.05, 0) is 36.4 Å². The molecule has 0 radical (unpaired) electrons. The number of ether oxygens (including phenoxy) is 1. The van der Waals surface area contributed by atoms with Crippen molar-refractivity contribution in [2.24, 2.45) is 0 Å². The van der Waals surface area contributed by atoms with E-state index in [2.05, 4.69) is 5.32 Å². The highest BCUT2D eigenvalue weighted by molar-refractivity contribution is 7.92. The summed E-state index contributed by atoms with van der Waals surface area (Å²) in [5.74, 6) is -0.916. The fraction of sp³-hybridized carbons (Fsp3) is 0.136. The monoisotopic (exact) mass is 509 g/mol. The number of halogens is 3. The van der Waals surface area contributed by atoms with Gasteiger partial charge in [0.05, 0.1) is 33.9 Å². The summed E-state index contributed by atoms with van der Waals surface area (Å²) >= 11 is 0. The van der Waals surface area contributed by atoms with E-state index in [9.17, 15) is 36.5 Å². The summed E-state index contributed by atoms with van der Waals surface area (Å²) in [6.45, 7) is -0.926. The molecule has 0 aromatic heterocycles. The lowest BCUT2D eigenvalue weighted by molar-refractivity contribution is -0.384. The zero-order chi connectivity index (χ0) is 25.8. The number of hydrogen-bond donors (Lipinski definition) is 1. The number of nitro groups is 1. The highest BCUT2D eigenvalue weighted by Gasteiger charge is 2.33. The number of carbonyl (C=O) groups excluding carboxylic acids is 1. The molecule has 0 aliphatic heterocycles. The third-order valence-corrected chi connectivity index (χ3v) is 6.54. The molecule has 13 heteroatoms. The van der Waals surface area contributed by atoms with Crippen LogP contribution in [0.3, 0.4) is 0 Å². The van der Waals surface area contributed by atoms with E-state index in [0.29, 0.717) is 10.4 Å². The van der Waals surface area contributed by atoms with Crippen LogP contribution in [0, 0.1) is 10.1 Å². The zero-order valence-corrected chi connectivity index (χ0v) is 18.8. The van der Waals surface area contributed by atoms with Crippen LogP contribution in [0.15, 0.2) is 77.7 Å². The molecule has 0 aliphatic carbocycles. The van der Waals surface area contributed by atoms with E-state index < -0.39 is 44.8 Å². The Labute approximate surface area is 198 Å². The number of rotatable bonds is 8. The SMILES string of the molecule is COc1ccc([N+](=O)[O-])cc1NC(=O)CN(c1cccc(C(F)(F)F)c1)S(=O)(=O)c1ccccc1. The number of benzene rings is 3. The summed E-state index contributed by atoms with van der Waals surface area (Å²) < 4.78 is 72.0. The topological polar surface area (TPSA) is 119 Å². The molecular weight excluding hydrogens is 491 g/mol. The average Bonchev–Trinajstić information content (AvgIpc) is 2.82. The quantitative estimate of drug-likeness (QED) is 0.354. The number of nitrogens with zero attached hydrogens (tertiary/aromatic N) is 2. The molecule has 0 saturated heterocycles. The highest BCUT2D eigenvalue weighted by atomic mass is 32.2. The molecule has 0 fully saturated rings. The van der Waals surface area contributed by atoms with Crippen molar-refractivity contribution in [1.29, 1.82) is 0 Å². The number of nitrogens with one attached hydrogen (secondary N) is 1. The summed E-state index contributed by atoms with van der Waals surface area (Å²) in [6, 6.07) is 13.8. The minimum atomic E-state index is -4.75. The van der Waals surface area contributed by atoms with Crippen molar-refractivity contribution >= 4 is 33.0 Å². The number of alkyl halides is 3. The van der Waals surface area contributed by atoms with Gasteiger partial charge in [-0.2, -0.15) is 13.2 Å². The van der Waals surface area contributed by atoms with E-state index in [0.717, 1.165) is 30.3 Å². The van der Waals surface area contributed by atoms with Crippen LogP contribution >= 0.6 is 0 Å². The van der Waals surface area contributed by atoms with E-state index >= 15 is 0 Å². The molecule has 0 saturated carbocycles. The second kappa shape index (κ2) is 10.0. The van der Waals surface area contributed by atoms with Crippen LogP contribution in [0.25, 0.3) is 0 Å². The third kappa shape index (κ3) is 5.87. The Morgan fingerprint density at radius 2 is 1.74 bits per heavy atom. The Bertz CT molecular complexity index is 1350. The van der Waals surface area contributed by atoms with Crippen LogP contribution in [0.2, 0.25) is 0 Å². The Hall–Kier alpha value is -4.13. The molecule has 0 aliphatic rings. The molecule has 184 valence electrons. The largest absolute Gasteiger partial charge is 0.495 e. The van der Waals surface area contributed by atoms with Crippen molar-refractivity contribution in [1.82, 2.24) is 0 Å². The molecule has 0 bridgehead atoms. The van der Waals surface area contributed by atoms with Crippen molar-refractivity contribution in [2.75, 3.05) is 23.3 Å². The number of carbonyl (C=O) groups is 1. The molecule has 1 N–H and O–H groups in total. The van der Waals surface area contributed by atoms with E-state index in [-0.39, 0.29) is 22.0 Å². The van der Waals surface area contributed by atoms with Crippen LogP contribution in [0.4, 0.5) is 30.2 Å². The molecule has 0 spiro atoms. The number of methoxy groups -OCH3 is 1. The maximum absolute atomic E-state index is 13.3. The number of nitro benzene ring substituents is 1. The summed E-state index contributed by atoms with van der Waals surface area (Å²) in [7, 11) is -3.22. The highest BCUT2D eigenvalue weighted by Crippen LogP contribution is 2.34. The van der Waals surface area contributed by atoms with Gasteiger partial charge in [0.15, 0.2) is 0 Å². The average molecular weight is 509 g/mol. The summed E-state index contributed by atoms with van der Waals surface area (Å²) in [5, 5.41) is 13.4. The maximum atomic E-state index is 13.3. The molecule has 3 aromatic carbocycles. The molecule has 35 heavy (non-hydrogen) atoms. The molecule has 3 rings (SSSR count). The second-order valence-corrected chi connectivity index (χ2v) is 8.93. The molecule has 9 nitrogen and oxygen atoms in total. The third-order valence-electron chi connectivity index (χ3n) is 4.75. The Kier molecular flexibility index (Phi) is 7.29. The molecule has 0 atom stereocenters. The number of anilines is 2. The molecular formula is C22H18F3N3O6S. The zero-order valence-electron chi connectivity index (χ0n) is 18.0. The predicted octanol–water partition coefficient (Wildman–Crippen LogP) is 4.46. The van der Waals surface area contributed by atoms with Gasteiger partial charge in [-0.25, -0.2) is 8.42 Å². The van der Waals surface area contributed by atoms with Gasteiger partial charge in [0.25, 0.3) is 15.7 Å². The molecule has 1 amide bonds. The first-order valence-electron chi connectivity index (χ1n) is 9.81. The van der Waals surface area contributed by atoms with Gasteiger partial charge >= 0.3 is 6.18 Å². The van der Waals surface area contributed by atoms with Crippen LogP contribution in [0.5, 0.6) is 5.75 Å². The smallest absolute Gasteiger partial charge is 0.416 e. The normalized spacial score (nSPS) is 11.5. The lowest BCUT2D eigenvalue weighted by Crippen LogP contribution is -2.38. The second-order valence-electron chi connectivity index (χ2n) is 7.06. The minimum absolute atomic E-state index is 0.0560. The Morgan fingerprint density at radius 3 is 2.34 bits per heavy atom. The van der Waals surface area contributed by atoms with Gasteiger partial charge in [-0.1, -0.05) is 24.3 Å². The number of non-ortho nitro benzene ring substituents is 1. The van der Waals surface area contributed by atoms with Crippen LogP contribution in [-0.2, 0) is 21.0 Å². The Balaban J connectivity index is 2.02. The standard InChI is InChI=1S/C22H18F3N3O6S/c1-34-20-11-10-17(28(30)31)13-19(20)26-21(29)14-27(35(32,33)18-8-3-2-4-9-18)16-7-5-6-15(12-16)22(23,24)25/h2-13H,14H2,1H3,(H,26,29). The van der Waals surface area contributed by atoms with Crippen LogP contribution < -0.4 is 14.4 Å². The summed E-state index contributed by atoms with van der Waals surface area (Å²) in [5.41, 5.74) is -1.99. The summed E-state index contributed by atoms with van der Waals surface area (Å²) in [6.07, 6.45) is -4.75. The van der Waals surface area contributed by atoms with Crippen LogP contribution in [0.1, 0.15) is 5.56 Å². The predicted molar refractivity (Wildman–Crippen MR) is 121 cm³/mol. The number of hydrogen-bond acceptors (Lipinski definition) is 6. The van der Waals surface area contributed by atoms with Gasteiger partial charge in [0.2, 0.25) is 5.91 Å². The van der Waals surface area contributed by atoms with Gasteiger partial charge in [-0.15, -0.1) is 0 Å². The first-order valence-corrected chi connectivity index (χ1v) is 11.2. The number of amides is 1. The van der Waals surface area contributed by atoms with Crippen molar-refractivity contribution in [2.45, 2.75) is 11.1 Å². The fourth-order valence-electron chi connectivity index (χ4n) is 3.10. The van der Waals surface area contributed by atoms with E-state index in [1.165, 1.54) is 37.4 Å². The molecule has 0 unspecified atom stereocenters.